The summed E-state index contributed by atoms with van der Waals surface area (Å²) in [5.74, 6) is -9.42. The van der Waals surface area contributed by atoms with E-state index in [0.29, 0.717) is 0 Å². The minimum atomic E-state index is -5.59. The summed E-state index contributed by atoms with van der Waals surface area (Å²) in [6.45, 7) is 4.42. The highest BCUT2D eigenvalue weighted by Crippen LogP contribution is 2.38. The number of hydrogen-bond donors (Lipinski definition) is 0. The molecule has 1 rings (SSSR count). The van der Waals surface area contributed by atoms with Crippen LogP contribution in [0.25, 0.3) is 0 Å². The van der Waals surface area contributed by atoms with Gasteiger partial charge in [0.05, 0.1) is 11.7 Å². The molecule has 0 aromatic heterocycles. The highest BCUT2D eigenvalue weighted by Gasteiger charge is 2.43. The summed E-state index contributed by atoms with van der Waals surface area (Å²) in [4.78, 5) is 0. The van der Waals surface area contributed by atoms with Gasteiger partial charge in [-0.1, -0.05) is 0 Å². The van der Waals surface area contributed by atoms with Gasteiger partial charge in [-0.05, 0) is 20.8 Å². The first-order valence-electron chi connectivity index (χ1n) is 6.78. The van der Waals surface area contributed by atoms with Crippen LogP contribution >= 0.6 is 0 Å². The second-order valence-electron chi connectivity index (χ2n) is 4.42. The average molecular weight is 379 g/mol. The van der Waals surface area contributed by atoms with Gasteiger partial charge in [0.25, 0.3) is 0 Å². The van der Waals surface area contributed by atoms with E-state index in [1.807, 2.05) is 0 Å². The number of benzene rings is 1. The van der Waals surface area contributed by atoms with Crippen molar-refractivity contribution < 1.29 is 44.0 Å². The first-order valence-corrected chi connectivity index (χ1v) is 8.00. The zero-order valence-electron chi connectivity index (χ0n) is 12.9. The lowest BCUT2D eigenvalue weighted by Gasteiger charge is -2.21. The Morgan fingerprint density at radius 3 is 1.62 bits per heavy atom. The van der Waals surface area contributed by atoms with Crippen LogP contribution in [-0.4, -0.2) is 22.7 Å². The number of hydrogen-bond acceptors (Lipinski definition) is 3. The van der Waals surface area contributed by atoms with Crippen LogP contribution in [0.1, 0.15) is 38.0 Å². The summed E-state index contributed by atoms with van der Waals surface area (Å²) in [6, 6.07) is 0. The SMILES string of the molecule is CCO[Si](OCC)OC(C)c1c(F)c(F)c(C(F)(F)F)c(F)c1F. The maximum absolute atomic E-state index is 13.9. The van der Waals surface area contributed by atoms with E-state index in [0.717, 1.165) is 6.92 Å². The monoisotopic (exact) mass is 379 g/mol. The lowest BCUT2D eigenvalue weighted by Crippen LogP contribution is -2.29. The number of alkyl halides is 3. The minimum Gasteiger partial charge on any atom is -0.371 e. The maximum atomic E-state index is 13.9. The molecule has 24 heavy (non-hydrogen) atoms. The van der Waals surface area contributed by atoms with Gasteiger partial charge in [0.1, 0.15) is 5.56 Å². The zero-order chi connectivity index (χ0) is 18.7. The van der Waals surface area contributed by atoms with Crippen LogP contribution in [0.15, 0.2) is 0 Å². The van der Waals surface area contributed by atoms with Crippen LogP contribution in [0.5, 0.6) is 0 Å². The Morgan fingerprint density at radius 2 is 1.29 bits per heavy atom. The maximum Gasteiger partial charge on any atom is 0.578 e. The third kappa shape index (κ3) is 4.46. The van der Waals surface area contributed by atoms with Crippen molar-refractivity contribution in [3.8, 4) is 0 Å². The van der Waals surface area contributed by atoms with Crippen molar-refractivity contribution in [1.82, 2.24) is 0 Å². The Hall–Kier alpha value is -1.17. The Bertz CT molecular complexity index is 545. The molecule has 0 aliphatic carbocycles. The van der Waals surface area contributed by atoms with E-state index in [1.165, 1.54) is 0 Å². The molecule has 0 aliphatic heterocycles. The van der Waals surface area contributed by atoms with Crippen LogP contribution in [0.4, 0.5) is 30.7 Å². The van der Waals surface area contributed by atoms with Crippen molar-refractivity contribution in [1.29, 1.82) is 0 Å². The van der Waals surface area contributed by atoms with Crippen molar-refractivity contribution in [2.75, 3.05) is 13.2 Å². The standard InChI is InChI=1S/C13H14F7O3Si/c1-4-21-24(22-5-2)23-6(3)7-9(14)11(16)8(13(18,19)20)12(17)10(7)15/h6H,4-5H2,1-3H3. The van der Waals surface area contributed by atoms with Gasteiger partial charge in [-0.3, -0.25) is 0 Å². The minimum absolute atomic E-state index is 0.127. The summed E-state index contributed by atoms with van der Waals surface area (Å²) >= 11 is 0. The predicted molar refractivity (Wildman–Crippen MR) is 69.8 cm³/mol. The molecule has 0 spiro atoms. The van der Waals surface area contributed by atoms with Gasteiger partial charge >= 0.3 is 15.7 Å². The molecule has 0 saturated heterocycles. The van der Waals surface area contributed by atoms with Crippen LogP contribution in [0.2, 0.25) is 0 Å². The molecule has 137 valence electrons. The molecule has 0 aliphatic rings. The fraction of sp³-hybridized carbons (Fsp3) is 0.538. The smallest absolute Gasteiger partial charge is 0.371 e. The second-order valence-corrected chi connectivity index (χ2v) is 5.73. The molecule has 0 saturated carbocycles. The van der Waals surface area contributed by atoms with Crippen LogP contribution in [0.3, 0.4) is 0 Å². The quantitative estimate of drug-likeness (QED) is 0.399. The van der Waals surface area contributed by atoms with Gasteiger partial charge in [0.15, 0.2) is 23.3 Å². The van der Waals surface area contributed by atoms with Crippen molar-refractivity contribution in [3.63, 3.8) is 0 Å². The first kappa shape index (κ1) is 20.9. The largest absolute Gasteiger partial charge is 0.578 e. The van der Waals surface area contributed by atoms with E-state index < -0.39 is 56.2 Å². The van der Waals surface area contributed by atoms with E-state index in [2.05, 4.69) is 0 Å². The molecular formula is C13H14F7O3Si. The Balaban J connectivity index is 3.30. The van der Waals surface area contributed by atoms with E-state index in [9.17, 15) is 30.7 Å². The van der Waals surface area contributed by atoms with Gasteiger partial charge in [0, 0.05) is 13.2 Å². The van der Waals surface area contributed by atoms with Crippen LogP contribution in [-0.2, 0) is 19.5 Å². The van der Waals surface area contributed by atoms with E-state index in [4.69, 9.17) is 13.3 Å². The van der Waals surface area contributed by atoms with E-state index in [1.54, 1.807) is 13.8 Å². The lowest BCUT2D eigenvalue weighted by atomic mass is 10.0. The summed E-state index contributed by atoms with van der Waals surface area (Å²) in [5, 5.41) is 0. The lowest BCUT2D eigenvalue weighted by molar-refractivity contribution is -0.143. The Morgan fingerprint density at radius 1 is 0.875 bits per heavy atom. The molecule has 0 fully saturated rings. The van der Waals surface area contributed by atoms with Gasteiger partial charge in [-0.15, -0.1) is 0 Å². The third-order valence-corrected chi connectivity index (χ3v) is 4.38. The normalized spacial score (nSPS) is 13.6. The van der Waals surface area contributed by atoms with Crippen molar-refractivity contribution in [2.24, 2.45) is 0 Å². The molecule has 1 aromatic carbocycles. The topological polar surface area (TPSA) is 27.7 Å². The third-order valence-electron chi connectivity index (χ3n) is 2.78. The summed E-state index contributed by atoms with van der Waals surface area (Å²) in [5.41, 5.74) is -3.94. The van der Waals surface area contributed by atoms with Crippen molar-refractivity contribution >= 4 is 9.53 Å². The van der Waals surface area contributed by atoms with Crippen LogP contribution < -0.4 is 0 Å². The van der Waals surface area contributed by atoms with Crippen molar-refractivity contribution in [2.45, 2.75) is 33.1 Å². The molecular weight excluding hydrogens is 365 g/mol. The molecule has 1 unspecified atom stereocenters. The van der Waals surface area contributed by atoms with Gasteiger partial charge in [-0.2, -0.15) is 13.2 Å². The summed E-state index contributed by atoms with van der Waals surface area (Å²) < 4.78 is 108. The fourth-order valence-corrected chi connectivity index (χ4v) is 2.90. The molecule has 1 radical (unpaired) electrons. The molecule has 11 heteroatoms. The molecule has 1 aromatic rings. The van der Waals surface area contributed by atoms with Gasteiger partial charge in [-0.25, -0.2) is 17.6 Å². The van der Waals surface area contributed by atoms with E-state index in [-0.39, 0.29) is 13.2 Å². The first-order chi connectivity index (χ1) is 11.1. The predicted octanol–water partition coefficient (Wildman–Crippen LogP) is 4.40. The highest BCUT2D eigenvalue weighted by molar-refractivity contribution is 6.36. The molecule has 1 atom stereocenters. The van der Waals surface area contributed by atoms with Crippen molar-refractivity contribution in [3.05, 3.63) is 34.4 Å². The van der Waals surface area contributed by atoms with Crippen LogP contribution in [0, 0.1) is 23.3 Å². The Kier molecular flexibility index (Phi) is 7.20. The molecule has 0 amide bonds. The second kappa shape index (κ2) is 8.27. The number of rotatable bonds is 7. The highest BCUT2D eigenvalue weighted by atomic mass is 28.3. The zero-order valence-corrected chi connectivity index (χ0v) is 13.9. The molecule has 0 heterocycles. The molecule has 0 bridgehead atoms. The average Bonchev–Trinajstić information content (AvgIpc) is 2.44. The number of halogens is 7. The van der Waals surface area contributed by atoms with E-state index >= 15 is 0 Å². The fourth-order valence-electron chi connectivity index (χ4n) is 1.80. The molecule has 0 N–H and O–H groups in total. The summed E-state index contributed by atoms with van der Waals surface area (Å²) in [6.07, 6.45) is -7.23. The molecule has 3 nitrogen and oxygen atoms in total. The summed E-state index contributed by atoms with van der Waals surface area (Å²) in [7, 11) is -2.49. The van der Waals surface area contributed by atoms with Gasteiger partial charge in [0.2, 0.25) is 0 Å². The Labute approximate surface area is 135 Å². The van der Waals surface area contributed by atoms with Gasteiger partial charge < -0.3 is 13.3 Å².